The molecule has 0 bridgehead atoms. The third-order valence-electron chi connectivity index (χ3n) is 4.54. The Labute approximate surface area is 152 Å². The van der Waals surface area contributed by atoms with E-state index < -0.39 is 22.2 Å². The third-order valence-corrected chi connectivity index (χ3v) is 5.89. The normalized spacial score (nSPS) is 24.5. The molecule has 1 heterocycles. The van der Waals surface area contributed by atoms with Crippen molar-refractivity contribution >= 4 is 22.0 Å². The van der Waals surface area contributed by atoms with Gasteiger partial charge in [-0.25, -0.2) is 4.79 Å². The average molecular weight is 379 g/mol. The number of fused-ring (bicyclic) bond motifs is 1. The van der Waals surface area contributed by atoms with Crippen LogP contribution in [-0.4, -0.2) is 50.0 Å². The van der Waals surface area contributed by atoms with Gasteiger partial charge in [0.25, 0.3) is 10.1 Å². The highest BCUT2D eigenvalue weighted by molar-refractivity contribution is 7.86. The van der Waals surface area contributed by atoms with Crippen LogP contribution in [0.15, 0.2) is 40.8 Å². The molecule has 2 unspecified atom stereocenters. The molecule has 1 aromatic carbocycles. The van der Waals surface area contributed by atoms with E-state index in [0.717, 1.165) is 5.56 Å². The molecule has 7 nitrogen and oxygen atoms in total. The summed E-state index contributed by atoms with van der Waals surface area (Å²) in [5.74, 6) is -0.703. The molecular weight excluding hydrogens is 358 g/mol. The van der Waals surface area contributed by atoms with Gasteiger partial charge >= 0.3 is 5.97 Å². The molecular formula is C18H21NO6S. The van der Waals surface area contributed by atoms with Crippen LogP contribution in [-0.2, 0) is 28.6 Å². The van der Waals surface area contributed by atoms with Crippen molar-refractivity contribution in [1.29, 1.82) is 0 Å². The number of amides is 1. The highest BCUT2D eigenvalue weighted by Crippen LogP contribution is 2.42. The molecule has 1 fully saturated rings. The molecule has 3 rings (SSSR count). The topological polar surface area (TPSA) is 89.8 Å². The quantitative estimate of drug-likeness (QED) is 0.438. The van der Waals surface area contributed by atoms with Gasteiger partial charge in [-0.05, 0) is 32.1 Å². The molecule has 1 amide bonds. The van der Waals surface area contributed by atoms with Crippen molar-refractivity contribution in [2.24, 2.45) is 0 Å². The Hall–Kier alpha value is -2.19. The van der Waals surface area contributed by atoms with Crippen LogP contribution < -0.4 is 0 Å². The van der Waals surface area contributed by atoms with Crippen LogP contribution in [0, 0.1) is 6.92 Å². The number of hydrogen-bond donors (Lipinski definition) is 0. The Morgan fingerprint density at radius 2 is 1.88 bits per heavy atom. The minimum absolute atomic E-state index is 0.0434. The summed E-state index contributed by atoms with van der Waals surface area (Å²) in [5, 5.41) is 0. The Morgan fingerprint density at radius 3 is 2.46 bits per heavy atom. The van der Waals surface area contributed by atoms with Gasteiger partial charge in [0.2, 0.25) is 5.91 Å². The van der Waals surface area contributed by atoms with Crippen LogP contribution in [0.25, 0.3) is 0 Å². The van der Waals surface area contributed by atoms with Gasteiger partial charge in [0.1, 0.15) is 6.10 Å². The van der Waals surface area contributed by atoms with Crippen LogP contribution in [0.5, 0.6) is 0 Å². The molecule has 3 atom stereocenters. The second-order valence-electron chi connectivity index (χ2n) is 6.43. The summed E-state index contributed by atoms with van der Waals surface area (Å²) in [7, 11) is -4.01. The predicted octanol–water partition coefficient (Wildman–Crippen LogP) is 1.56. The first-order valence-corrected chi connectivity index (χ1v) is 9.82. The van der Waals surface area contributed by atoms with Crippen molar-refractivity contribution < 1.29 is 26.9 Å². The predicted molar refractivity (Wildman–Crippen MR) is 92.7 cm³/mol. The number of carbonyl (C=O) groups is 2. The summed E-state index contributed by atoms with van der Waals surface area (Å²) >= 11 is 0. The largest absolute Gasteiger partial charge is 0.463 e. The van der Waals surface area contributed by atoms with Crippen molar-refractivity contribution in [3.63, 3.8) is 0 Å². The minimum atomic E-state index is -4.01. The molecule has 0 spiro atoms. The monoisotopic (exact) mass is 379 g/mol. The van der Waals surface area contributed by atoms with Gasteiger partial charge in [-0.15, -0.1) is 0 Å². The number of hydrogen-bond acceptors (Lipinski definition) is 6. The lowest BCUT2D eigenvalue weighted by Gasteiger charge is -2.20. The van der Waals surface area contributed by atoms with Crippen molar-refractivity contribution in [3.05, 3.63) is 41.5 Å². The number of rotatable bonds is 5. The van der Waals surface area contributed by atoms with Crippen LogP contribution in [0.4, 0.5) is 0 Å². The molecule has 0 radical (unpaired) electrons. The molecule has 1 aliphatic carbocycles. The number of aryl methyl sites for hydroxylation is 1. The standard InChI is InChI=1S/C18H21NO6S/c1-4-24-18(21)13-9-15-17(19(15)12(3)20)16(10-13)25-26(22,23)14-7-5-11(2)6-8-14/h5-9,15-17H,4,10H2,1-3H3/t15?,16-,17?,19?/m1/s1. The lowest BCUT2D eigenvalue weighted by molar-refractivity contribution is -0.139. The molecule has 140 valence electrons. The van der Waals surface area contributed by atoms with E-state index in [-0.39, 0.29) is 35.9 Å². The van der Waals surface area contributed by atoms with Gasteiger partial charge < -0.3 is 9.64 Å². The fourth-order valence-electron chi connectivity index (χ4n) is 3.27. The van der Waals surface area contributed by atoms with Crippen molar-refractivity contribution in [2.45, 2.75) is 50.3 Å². The fraction of sp³-hybridized carbons (Fsp3) is 0.444. The second kappa shape index (κ2) is 6.85. The van der Waals surface area contributed by atoms with E-state index in [0.29, 0.717) is 5.57 Å². The molecule has 26 heavy (non-hydrogen) atoms. The van der Waals surface area contributed by atoms with E-state index in [1.54, 1.807) is 25.1 Å². The number of esters is 1. The van der Waals surface area contributed by atoms with E-state index in [9.17, 15) is 18.0 Å². The zero-order chi connectivity index (χ0) is 19.1. The van der Waals surface area contributed by atoms with Gasteiger partial charge in [0.05, 0.1) is 23.6 Å². The summed E-state index contributed by atoms with van der Waals surface area (Å²) < 4.78 is 35.6. The van der Waals surface area contributed by atoms with E-state index in [1.807, 2.05) is 6.92 Å². The summed E-state index contributed by atoms with van der Waals surface area (Å²) in [4.78, 5) is 25.4. The summed E-state index contributed by atoms with van der Waals surface area (Å²) in [5.41, 5.74) is 1.26. The van der Waals surface area contributed by atoms with E-state index in [4.69, 9.17) is 8.92 Å². The SMILES string of the molecule is CCOC(=O)C1=CC2C([C@H](OS(=O)(=O)c3ccc(C)cc3)C1)N2C(C)=O. The fourth-order valence-corrected chi connectivity index (χ4v) is 4.36. The molecule has 0 saturated carbocycles. The van der Waals surface area contributed by atoms with Gasteiger partial charge in [0.15, 0.2) is 0 Å². The number of nitrogens with zero attached hydrogens (tertiary/aromatic N) is 1. The zero-order valence-corrected chi connectivity index (χ0v) is 15.7. The number of carbonyl (C=O) groups excluding carboxylic acids is 2. The lowest BCUT2D eigenvalue weighted by Crippen LogP contribution is -2.31. The van der Waals surface area contributed by atoms with E-state index in [2.05, 4.69) is 0 Å². The lowest BCUT2D eigenvalue weighted by atomic mass is 9.97. The van der Waals surface area contributed by atoms with Crippen LogP contribution >= 0.6 is 0 Å². The summed E-state index contributed by atoms with van der Waals surface area (Å²) in [6, 6.07) is 5.60. The maximum Gasteiger partial charge on any atom is 0.333 e. The van der Waals surface area contributed by atoms with Crippen molar-refractivity contribution in [3.8, 4) is 0 Å². The van der Waals surface area contributed by atoms with E-state index >= 15 is 0 Å². The average Bonchev–Trinajstić information content (AvgIpc) is 3.30. The highest BCUT2D eigenvalue weighted by Gasteiger charge is 2.57. The Morgan fingerprint density at radius 1 is 1.23 bits per heavy atom. The molecule has 1 aliphatic heterocycles. The molecule has 2 aliphatic rings. The van der Waals surface area contributed by atoms with Crippen LogP contribution in [0.1, 0.15) is 25.8 Å². The Bertz CT molecular complexity index is 858. The van der Waals surface area contributed by atoms with Crippen LogP contribution in [0.2, 0.25) is 0 Å². The third kappa shape index (κ3) is 3.52. The first-order valence-electron chi connectivity index (χ1n) is 8.41. The molecule has 0 aromatic heterocycles. The first-order chi connectivity index (χ1) is 12.2. The van der Waals surface area contributed by atoms with Gasteiger partial charge in [-0.1, -0.05) is 17.7 Å². The molecule has 0 N–H and O–H groups in total. The van der Waals surface area contributed by atoms with Crippen molar-refractivity contribution in [1.82, 2.24) is 4.90 Å². The number of benzene rings is 1. The molecule has 8 heteroatoms. The Balaban J connectivity index is 1.84. The molecule has 1 aromatic rings. The summed E-state index contributed by atoms with van der Waals surface area (Å²) in [6.07, 6.45) is 0.928. The summed E-state index contributed by atoms with van der Waals surface area (Å²) in [6.45, 7) is 5.17. The van der Waals surface area contributed by atoms with Gasteiger partial charge in [-0.2, -0.15) is 8.42 Å². The van der Waals surface area contributed by atoms with Gasteiger partial charge in [-0.3, -0.25) is 8.98 Å². The zero-order valence-electron chi connectivity index (χ0n) is 14.8. The van der Waals surface area contributed by atoms with Crippen LogP contribution in [0.3, 0.4) is 0 Å². The smallest absolute Gasteiger partial charge is 0.333 e. The van der Waals surface area contributed by atoms with E-state index in [1.165, 1.54) is 24.0 Å². The molecule has 1 saturated heterocycles. The number of ether oxygens (including phenoxy) is 1. The first kappa shape index (κ1) is 18.6. The van der Waals surface area contributed by atoms with Crippen molar-refractivity contribution in [2.75, 3.05) is 6.61 Å². The highest BCUT2D eigenvalue weighted by atomic mass is 32.2. The second-order valence-corrected chi connectivity index (χ2v) is 8.00. The minimum Gasteiger partial charge on any atom is -0.463 e. The maximum absolute atomic E-state index is 12.6. The Kier molecular flexibility index (Phi) is 4.90. The van der Waals surface area contributed by atoms with Gasteiger partial charge in [0, 0.05) is 18.9 Å². The maximum atomic E-state index is 12.6.